The van der Waals surface area contributed by atoms with E-state index in [2.05, 4.69) is 5.32 Å². The van der Waals surface area contributed by atoms with Crippen molar-refractivity contribution < 1.29 is 14.6 Å². The summed E-state index contributed by atoms with van der Waals surface area (Å²) < 4.78 is 5.08. The van der Waals surface area contributed by atoms with Crippen molar-refractivity contribution in [3.05, 3.63) is 29.8 Å². The smallest absolute Gasteiger partial charge is 0.310 e. The molecule has 4 nitrogen and oxygen atoms in total. The fraction of sp³-hybridized carbons (Fsp3) is 0.500. The number of hydrogen-bond donors (Lipinski definition) is 2. The molecule has 18 heavy (non-hydrogen) atoms. The van der Waals surface area contributed by atoms with E-state index in [0.29, 0.717) is 6.54 Å². The monoisotopic (exact) mass is 251 g/mol. The Labute approximate surface area is 108 Å². The van der Waals surface area contributed by atoms with Gasteiger partial charge in [0.25, 0.3) is 0 Å². The molecule has 0 saturated heterocycles. The summed E-state index contributed by atoms with van der Waals surface area (Å²) in [7, 11) is 1.64. The number of carbonyl (C=O) groups is 1. The molecule has 0 aliphatic carbocycles. The van der Waals surface area contributed by atoms with E-state index in [0.717, 1.165) is 18.7 Å². The molecule has 1 aromatic rings. The SMILES string of the molecule is COc1ccc(CCNCC(C)(C)C(=O)O)cc1. The zero-order chi connectivity index (χ0) is 13.6. The zero-order valence-electron chi connectivity index (χ0n) is 11.2. The van der Waals surface area contributed by atoms with Crippen LogP contribution in [0.3, 0.4) is 0 Å². The lowest BCUT2D eigenvalue weighted by molar-refractivity contribution is -0.146. The fourth-order valence-electron chi connectivity index (χ4n) is 1.50. The van der Waals surface area contributed by atoms with Crippen LogP contribution in [0.4, 0.5) is 0 Å². The first-order valence-electron chi connectivity index (χ1n) is 6.03. The molecular formula is C14H21NO3. The molecule has 0 amide bonds. The summed E-state index contributed by atoms with van der Waals surface area (Å²) in [5, 5.41) is 12.1. The lowest BCUT2D eigenvalue weighted by Gasteiger charge is -2.19. The first kappa shape index (κ1) is 14.5. The number of ether oxygens (including phenoxy) is 1. The van der Waals surface area contributed by atoms with Crippen LogP contribution in [0.2, 0.25) is 0 Å². The summed E-state index contributed by atoms with van der Waals surface area (Å²) in [4.78, 5) is 10.9. The van der Waals surface area contributed by atoms with E-state index in [1.54, 1.807) is 21.0 Å². The normalized spacial score (nSPS) is 11.3. The van der Waals surface area contributed by atoms with Crippen LogP contribution in [-0.2, 0) is 11.2 Å². The summed E-state index contributed by atoms with van der Waals surface area (Å²) in [6.07, 6.45) is 0.875. The number of methoxy groups -OCH3 is 1. The van der Waals surface area contributed by atoms with Crippen molar-refractivity contribution in [1.29, 1.82) is 0 Å². The van der Waals surface area contributed by atoms with Crippen LogP contribution in [0.5, 0.6) is 5.75 Å². The molecule has 2 N–H and O–H groups in total. The van der Waals surface area contributed by atoms with E-state index in [1.807, 2.05) is 24.3 Å². The molecule has 1 rings (SSSR count). The number of hydrogen-bond acceptors (Lipinski definition) is 3. The summed E-state index contributed by atoms with van der Waals surface area (Å²) in [6, 6.07) is 7.89. The number of aliphatic carboxylic acids is 1. The van der Waals surface area contributed by atoms with Gasteiger partial charge in [-0.2, -0.15) is 0 Å². The van der Waals surface area contributed by atoms with E-state index < -0.39 is 11.4 Å². The maximum absolute atomic E-state index is 10.9. The van der Waals surface area contributed by atoms with Crippen LogP contribution in [0, 0.1) is 5.41 Å². The molecule has 100 valence electrons. The van der Waals surface area contributed by atoms with Gasteiger partial charge in [-0.3, -0.25) is 4.79 Å². The van der Waals surface area contributed by atoms with Gasteiger partial charge in [-0.05, 0) is 44.5 Å². The van der Waals surface area contributed by atoms with Crippen LogP contribution in [0.1, 0.15) is 19.4 Å². The first-order valence-corrected chi connectivity index (χ1v) is 6.03. The Kier molecular flexibility index (Phi) is 5.16. The quantitative estimate of drug-likeness (QED) is 0.727. The Bertz CT molecular complexity index is 385. The minimum Gasteiger partial charge on any atom is -0.497 e. The van der Waals surface area contributed by atoms with Gasteiger partial charge in [0.2, 0.25) is 0 Å². The summed E-state index contributed by atoms with van der Waals surface area (Å²) >= 11 is 0. The Morgan fingerprint density at radius 3 is 2.44 bits per heavy atom. The molecular weight excluding hydrogens is 230 g/mol. The lowest BCUT2D eigenvalue weighted by atomic mass is 9.94. The number of carboxylic acids is 1. The van der Waals surface area contributed by atoms with Crippen molar-refractivity contribution in [3.63, 3.8) is 0 Å². The van der Waals surface area contributed by atoms with Gasteiger partial charge < -0.3 is 15.2 Å². The van der Waals surface area contributed by atoms with Crippen LogP contribution in [0.15, 0.2) is 24.3 Å². The number of rotatable bonds is 7. The summed E-state index contributed by atoms with van der Waals surface area (Å²) in [5.74, 6) is 0.0677. The van der Waals surface area contributed by atoms with Crippen molar-refractivity contribution in [2.24, 2.45) is 5.41 Å². The van der Waals surface area contributed by atoms with E-state index in [9.17, 15) is 4.79 Å². The zero-order valence-corrected chi connectivity index (χ0v) is 11.2. The molecule has 0 aliphatic heterocycles. The van der Waals surface area contributed by atoms with Gasteiger partial charge in [0, 0.05) is 6.54 Å². The van der Waals surface area contributed by atoms with Crippen LogP contribution < -0.4 is 10.1 Å². The Hall–Kier alpha value is -1.55. The van der Waals surface area contributed by atoms with E-state index >= 15 is 0 Å². The Balaban J connectivity index is 2.31. The molecule has 4 heteroatoms. The lowest BCUT2D eigenvalue weighted by Crippen LogP contribution is -2.36. The molecule has 0 spiro atoms. The van der Waals surface area contributed by atoms with E-state index in [1.165, 1.54) is 5.56 Å². The largest absolute Gasteiger partial charge is 0.497 e. The molecule has 0 atom stereocenters. The van der Waals surface area contributed by atoms with Gasteiger partial charge in [0.05, 0.1) is 12.5 Å². The molecule has 0 heterocycles. The molecule has 0 fully saturated rings. The van der Waals surface area contributed by atoms with Crippen LogP contribution in [0.25, 0.3) is 0 Å². The molecule has 0 aliphatic rings. The molecule has 1 aromatic carbocycles. The van der Waals surface area contributed by atoms with Crippen LogP contribution in [-0.4, -0.2) is 31.3 Å². The van der Waals surface area contributed by atoms with Crippen molar-refractivity contribution in [2.75, 3.05) is 20.2 Å². The first-order chi connectivity index (χ1) is 8.45. The van der Waals surface area contributed by atoms with Gasteiger partial charge in [0.15, 0.2) is 0 Å². The highest BCUT2D eigenvalue weighted by Crippen LogP contribution is 2.13. The molecule has 0 radical (unpaired) electrons. The number of nitrogens with one attached hydrogen (secondary N) is 1. The predicted molar refractivity (Wildman–Crippen MR) is 71.0 cm³/mol. The average Bonchev–Trinajstić information content (AvgIpc) is 2.35. The van der Waals surface area contributed by atoms with Crippen LogP contribution >= 0.6 is 0 Å². The standard InChI is InChI=1S/C14H21NO3/c1-14(2,13(16)17)10-15-9-8-11-4-6-12(18-3)7-5-11/h4-7,15H,8-10H2,1-3H3,(H,16,17). The number of benzene rings is 1. The van der Waals surface area contributed by atoms with Gasteiger partial charge in [0.1, 0.15) is 5.75 Å². The molecule has 0 bridgehead atoms. The topological polar surface area (TPSA) is 58.6 Å². The van der Waals surface area contributed by atoms with Crippen molar-refractivity contribution in [3.8, 4) is 5.75 Å². The minimum absolute atomic E-state index is 0.471. The maximum Gasteiger partial charge on any atom is 0.310 e. The molecule has 0 saturated carbocycles. The highest BCUT2D eigenvalue weighted by molar-refractivity contribution is 5.73. The fourth-order valence-corrected chi connectivity index (χ4v) is 1.50. The number of carboxylic acid groups (broad SMARTS) is 1. The summed E-state index contributed by atoms with van der Waals surface area (Å²) in [5.41, 5.74) is 0.483. The highest BCUT2D eigenvalue weighted by atomic mass is 16.5. The maximum atomic E-state index is 10.9. The van der Waals surface area contributed by atoms with Gasteiger partial charge >= 0.3 is 5.97 Å². The van der Waals surface area contributed by atoms with E-state index in [4.69, 9.17) is 9.84 Å². The molecule has 0 aromatic heterocycles. The third-order valence-corrected chi connectivity index (χ3v) is 2.90. The Morgan fingerprint density at radius 1 is 1.33 bits per heavy atom. The van der Waals surface area contributed by atoms with Crippen molar-refractivity contribution in [1.82, 2.24) is 5.32 Å². The second-order valence-electron chi connectivity index (χ2n) is 4.96. The third-order valence-electron chi connectivity index (χ3n) is 2.90. The predicted octanol–water partition coefficient (Wildman–Crippen LogP) is 1.94. The average molecular weight is 251 g/mol. The second-order valence-corrected chi connectivity index (χ2v) is 4.96. The molecule has 0 unspecified atom stereocenters. The second kappa shape index (κ2) is 6.40. The van der Waals surface area contributed by atoms with Gasteiger partial charge in [-0.25, -0.2) is 0 Å². The van der Waals surface area contributed by atoms with Crippen molar-refractivity contribution in [2.45, 2.75) is 20.3 Å². The van der Waals surface area contributed by atoms with E-state index in [-0.39, 0.29) is 0 Å². The minimum atomic E-state index is -0.778. The third kappa shape index (κ3) is 4.37. The van der Waals surface area contributed by atoms with Gasteiger partial charge in [-0.15, -0.1) is 0 Å². The van der Waals surface area contributed by atoms with Crippen molar-refractivity contribution >= 4 is 5.97 Å². The summed E-state index contributed by atoms with van der Waals surface area (Å²) in [6.45, 7) is 4.67. The van der Waals surface area contributed by atoms with Gasteiger partial charge in [-0.1, -0.05) is 12.1 Å². The highest BCUT2D eigenvalue weighted by Gasteiger charge is 2.26. The Morgan fingerprint density at radius 2 is 1.94 bits per heavy atom.